The van der Waals surface area contributed by atoms with E-state index in [0.29, 0.717) is 17.3 Å². The molecule has 2 aromatic carbocycles. The molecule has 0 aliphatic carbocycles. The van der Waals surface area contributed by atoms with Crippen molar-refractivity contribution in [2.75, 3.05) is 16.6 Å². The van der Waals surface area contributed by atoms with E-state index in [1.165, 1.54) is 0 Å². The Hall–Kier alpha value is -2.54. The molecule has 2 N–H and O–H groups in total. The number of rotatable bonds is 6. The lowest BCUT2D eigenvalue weighted by molar-refractivity contribution is 0.168. The highest BCUT2D eigenvalue weighted by atomic mass is 32.2. The van der Waals surface area contributed by atoms with E-state index in [1.807, 2.05) is 26.0 Å². The molecule has 0 aliphatic rings. The Morgan fingerprint density at radius 1 is 1.00 bits per heavy atom. The fourth-order valence-corrected chi connectivity index (χ4v) is 3.21. The molecule has 1 amide bonds. The monoisotopic (exact) mass is 362 g/mol. The van der Waals surface area contributed by atoms with Crippen molar-refractivity contribution in [1.29, 1.82) is 0 Å². The second-order valence-electron chi connectivity index (χ2n) is 5.75. The van der Waals surface area contributed by atoms with Gasteiger partial charge in [-0.25, -0.2) is 13.2 Å². The quantitative estimate of drug-likeness (QED) is 0.807. The summed E-state index contributed by atoms with van der Waals surface area (Å²) in [6.45, 7) is 6.09. The summed E-state index contributed by atoms with van der Waals surface area (Å²) >= 11 is 0. The van der Waals surface area contributed by atoms with E-state index >= 15 is 0 Å². The Labute approximate surface area is 148 Å². The molecule has 0 bridgehead atoms. The first-order chi connectivity index (χ1) is 11.8. The first kappa shape index (κ1) is 18.8. The molecule has 0 atom stereocenters. The van der Waals surface area contributed by atoms with Crippen molar-refractivity contribution in [2.45, 2.75) is 31.6 Å². The Kier molecular flexibility index (Phi) is 6.03. The highest BCUT2D eigenvalue weighted by Crippen LogP contribution is 2.21. The minimum Gasteiger partial charge on any atom is -0.450 e. The highest BCUT2D eigenvalue weighted by molar-refractivity contribution is 7.92. The van der Waals surface area contributed by atoms with Crippen LogP contribution in [-0.4, -0.2) is 21.1 Å². The van der Waals surface area contributed by atoms with E-state index in [1.54, 1.807) is 43.3 Å². The normalized spacial score (nSPS) is 11.2. The minimum absolute atomic E-state index is 0.200. The zero-order valence-corrected chi connectivity index (χ0v) is 15.3. The van der Waals surface area contributed by atoms with Gasteiger partial charge in [-0.1, -0.05) is 26.0 Å². The summed E-state index contributed by atoms with van der Waals surface area (Å²) < 4.78 is 32.2. The third-order valence-electron chi connectivity index (χ3n) is 3.52. The molecule has 0 heterocycles. The minimum atomic E-state index is -3.66. The number of sulfonamides is 1. The van der Waals surface area contributed by atoms with Crippen LogP contribution in [-0.2, 0) is 14.8 Å². The predicted octanol–water partition coefficient (Wildman–Crippen LogP) is 4.18. The van der Waals surface area contributed by atoms with Crippen molar-refractivity contribution < 1.29 is 17.9 Å². The Morgan fingerprint density at radius 3 is 2.08 bits per heavy atom. The average Bonchev–Trinajstić information content (AvgIpc) is 2.57. The van der Waals surface area contributed by atoms with Crippen LogP contribution in [0.4, 0.5) is 16.2 Å². The molecule has 25 heavy (non-hydrogen) atoms. The van der Waals surface area contributed by atoms with Gasteiger partial charge in [0.25, 0.3) is 10.0 Å². The molecular formula is C18H22N2O4S. The fraction of sp³-hybridized carbons (Fsp3) is 0.278. The van der Waals surface area contributed by atoms with Crippen LogP contribution in [0.2, 0.25) is 0 Å². The van der Waals surface area contributed by atoms with Crippen molar-refractivity contribution in [1.82, 2.24) is 0 Å². The number of anilines is 2. The van der Waals surface area contributed by atoms with Crippen LogP contribution in [0.25, 0.3) is 0 Å². The number of nitrogens with one attached hydrogen (secondary N) is 2. The molecule has 2 aromatic rings. The van der Waals surface area contributed by atoms with Crippen molar-refractivity contribution in [3.8, 4) is 0 Å². The van der Waals surface area contributed by atoms with Crippen molar-refractivity contribution in [2.24, 2.45) is 0 Å². The van der Waals surface area contributed by atoms with E-state index in [0.717, 1.165) is 5.56 Å². The lowest BCUT2D eigenvalue weighted by Crippen LogP contribution is -2.14. The Bertz CT molecular complexity index is 813. The van der Waals surface area contributed by atoms with E-state index in [9.17, 15) is 13.2 Å². The van der Waals surface area contributed by atoms with Crippen LogP contribution in [0, 0.1) is 0 Å². The van der Waals surface area contributed by atoms with Crippen LogP contribution < -0.4 is 10.0 Å². The van der Waals surface area contributed by atoms with Gasteiger partial charge in [0.1, 0.15) is 0 Å². The second kappa shape index (κ2) is 8.02. The van der Waals surface area contributed by atoms with Gasteiger partial charge in [-0.2, -0.15) is 0 Å². The fourth-order valence-electron chi connectivity index (χ4n) is 2.15. The summed E-state index contributed by atoms with van der Waals surface area (Å²) in [7, 11) is -3.66. The highest BCUT2D eigenvalue weighted by Gasteiger charge is 2.14. The van der Waals surface area contributed by atoms with E-state index < -0.39 is 16.1 Å². The number of benzene rings is 2. The molecule has 0 saturated heterocycles. The van der Waals surface area contributed by atoms with Gasteiger partial charge in [-0.15, -0.1) is 0 Å². The molecule has 0 radical (unpaired) electrons. The van der Waals surface area contributed by atoms with Crippen molar-refractivity contribution >= 4 is 27.5 Å². The second-order valence-corrected chi connectivity index (χ2v) is 7.43. The molecule has 0 fully saturated rings. The van der Waals surface area contributed by atoms with Crippen molar-refractivity contribution in [3.63, 3.8) is 0 Å². The van der Waals surface area contributed by atoms with Gasteiger partial charge in [-0.3, -0.25) is 10.0 Å². The van der Waals surface area contributed by atoms with Gasteiger partial charge < -0.3 is 4.74 Å². The Balaban J connectivity index is 2.08. The number of carbonyl (C=O) groups is 1. The van der Waals surface area contributed by atoms with Crippen LogP contribution in [0.15, 0.2) is 53.4 Å². The maximum absolute atomic E-state index is 12.4. The van der Waals surface area contributed by atoms with E-state index in [2.05, 4.69) is 10.0 Å². The third kappa shape index (κ3) is 5.22. The molecule has 134 valence electrons. The zero-order chi connectivity index (χ0) is 18.4. The van der Waals surface area contributed by atoms with Gasteiger partial charge >= 0.3 is 6.09 Å². The smallest absolute Gasteiger partial charge is 0.411 e. The lowest BCUT2D eigenvalue weighted by atomic mass is 10.0. The molecule has 0 aromatic heterocycles. The predicted molar refractivity (Wildman–Crippen MR) is 98.4 cm³/mol. The average molecular weight is 362 g/mol. The third-order valence-corrected chi connectivity index (χ3v) is 4.91. The molecule has 7 heteroatoms. The maximum atomic E-state index is 12.4. The first-order valence-corrected chi connectivity index (χ1v) is 9.46. The first-order valence-electron chi connectivity index (χ1n) is 7.98. The number of ether oxygens (including phenoxy) is 1. The van der Waals surface area contributed by atoms with E-state index in [4.69, 9.17) is 4.74 Å². The van der Waals surface area contributed by atoms with E-state index in [-0.39, 0.29) is 11.5 Å². The maximum Gasteiger partial charge on any atom is 0.411 e. The lowest BCUT2D eigenvalue weighted by Gasteiger charge is -2.11. The van der Waals surface area contributed by atoms with Gasteiger partial charge in [-0.05, 0) is 54.8 Å². The molecule has 0 aliphatic heterocycles. The molecule has 0 unspecified atom stereocenters. The molecule has 0 spiro atoms. The summed E-state index contributed by atoms with van der Waals surface area (Å²) in [6.07, 6.45) is -0.555. The zero-order valence-electron chi connectivity index (χ0n) is 14.4. The summed E-state index contributed by atoms with van der Waals surface area (Å²) in [5.74, 6) is 0.337. The van der Waals surface area contributed by atoms with Crippen LogP contribution in [0.5, 0.6) is 0 Å². The van der Waals surface area contributed by atoms with Crippen LogP contribution in [0.3, 0.4) is 0 Å². The van der Waals surface area contributed by atoms with Gasteiger partial charge in [0.05, 0.1) is 11.5 Å². The summed E-state index contributed by atoms with van der Waals surface area (Å²) in [5, 5.41) is 2.54. The van der Waals surface area contributed by atoms with Gasteiger partial charge in [0.15, 0.2) is 0 Å². The Morgan fingerprint density at radius 2 is 1.56 bits per heavy atom. The SMILES string of the molecule is CCOC(=O)Nc1ccc(NS(=O)(=O)c2ccc(C(C)C)cc2)cc1. The number of amides is 1. The summed E-state index contributed by atoms with van der Waals surface area (Å²) in [6, 6.07) is 13.1. The number of carbonyl (C=O) groups excluding carboxylic acids is 1. The molecule has 6 nitrogen and oxygen atoms in total. The number of hydrogen-bond acceptors (Lipinski definition) is 4. The van der Waals surface area contributed by atoms with Crippen LogP contribution >= 0.6 is 0 Å². The van der Waals surface area contributed by atoms with Gasteiger partial charge in [0, 0.05) is 11.4 Å². The summed E-state index contributed by atoms with van der Waals surface area (Å²) in [5.41, 5.74) is 2.00. The molecule has 0 saturated carbocycles. The standard InChI is InChI=1S/C18H22N2O4S/c1-4-24-18(21)19-15-7-9-16(10-8-15)20-25(22,23)17-11-5-14(6-12-17)13(2)3/h5-13,20H,4H2,1-3H3,(H,19,21). The molecule has 2 rings (SSSR count). The van der Waals surface area contributed by atoms with Crippen LogP contribution in [0.1, 0.15) is 32.3 Å². The largest absolute Gasteiger partial charge is 0.450 e. The number of hydrogen-bond donors (Lipinski definition) is 2. The van der Waals surface area contributed by atoms with Crippen molar-refractivity contribution in [3.05, 3.63) is 54.1 Å². The topological polar surface area (TPSA) is 84.5 Å². The summed E-state index contributed by atoms with van der Waals surface area (Å²) in [4.78, 5) is 11.5. The van der Waals surface area contributed by atoms with Gasteiger partial charge in [0.2, 0.25) is 0 Å². The molecular weight excluding hydrogens is 340 g/mol.